The van der Waals surface area contributed by atoms with Crippen molar-refractivity contribution in [2.45, 2.75) is 13.3 Å². The Morgan fingerprint density at radius 2 is 2.29 bits per heavy atom. The maximum Gasteiger partial charge on any atom is 0.406 e. The lowest BCUT2D eigenvalue weighted by molar-refractivity contribution is -0.388. The van der Waals surface area contributed by atoms with Crippen molar-refractivity contribution in [1.82, 2.24) is 9.55 Å². The van der Waals surface area contributed by atoms with Crippen LogP contribution in [0.5, 0.6) is 5.75 Å². The predicted octanol–water partition coefficient (Wildman–Crippen LogP) is 2.52. The largest absolute Gasteiger partial charge is 0.494 e. The summed E-state index contributed by atoms with van der Waals surface area (Å²) in [5.41, 5.74) is 1.15. The molecule has 0 aliphatic carbocycles. The van der Waals surface area contributed by atoms with Gasteiger partial charge in [-0.25, -0.2) is 0 Å². The highest BCUT2D eigenvalue weighted by atomic mass is 16.6. The number of aromatic nitrogens is 2. The fraction of sp³-hybridized carbons (Fsp3) is 0.357. The summed E-state index contributed by atoms with van der Waals surface area (Å²) in [6.07, 6.45) is 2.15. The molecule has 7 nitrogen and oxygen atoms in total. The van der Waals surface area contributed by atoms with E-state index >= 15 is 0 Å². The molecule has 0 atom stereocenters. The van der Waals surface area contributed by atoms with Gasteiger partial charge >= 0.3 is 5.82 Å². The third-order valence-electron chi connectivity index (χ3n) is 2.96. The quantitative estimate of drug-likeness (QED) is 0.481. The Kier molecular flexibility index (Phi) is 4.76. The highest BCUT2D eigenvalue weighted by molar-refractivity contribution is 5.51. The molecule has 0 aliphatic heterocycles. The van der Waals surface area contributed by atoms with E-state index in [1.807, 2.05) is 31.2 Å². The number of benzene rings is 1. The molecule has 1 N–H and O–H groups in total. The molecule has 21 heavy (non-hydrogen) atoms. The van der Waals surface area contributed by atoms with Gasteiger partial charge in [0, 0.05) is 13.6 Å². The number of hydrogen-bond acceptors (Lipinski definition) is 5. The summed E-state index contributed by atoms with van der Waals surface area (Å²) in [7, 11) is 1.71. The standard InChI is InChI=1S/C14H18N4O3/c1-11-5-3-6-12(9-11)21-8-4-7-15-13-14(18(19)20)16-10-17(13)2/h3,5-6,9-10,15H,4,7-8H2,1-2H3. The third-order valence-corrected chi connectivity index (χ3v) is 2.96. The van der Waals surface area contributed by atoms with Crippen LogP contribution in [0.2, 0.25) is 0 Å². The topological polar surface area (TPSA) is 82.2 Å². The number of anilines is 1. The monoisotopic (exact) mass is 290 g/mol. The maximum absolute atomic E-state index is 10.8. The van der Waals surface area contributed by atoms with Crippen molar-refractivity contribution < 1.29 is 9.66 Å². The third kappa shape index (κ3) is 3.95. The van der Waals surface area contributed by atoms with Gasteiger partial charge in [0.15, 0.2) is 0 Å². The van der Waals surface area contributed by atoms with Gasteiger partial charge in [-0.1, -0.05) is 12.1 Å². The maximum atomic E-state index is 10.8. The molecule has 0 bridgehead atoms. The lowest BCUT2D eigenvalue weighted by Gasteiger charge is -2.08. The van der Waals surface area contributed by atoms with Crippen LogP contribution in [0, 0.1) is 17.0 Å². The van der Waals surface area contributed by atoms with Gasteiger partial charge < -0.3 is 20.2 Å². The molecule has 2 rings (SSSR count). The van der Waals surface area contributed by atoms with Crippen molar-refractivity contribution in [2.75, 3.05) is 18.5 Å². The highest BCUT2D eigenvalue weighted by Crippen LogP contribution is 2.20. The molecule has 0 amide bonds. The second-order valence-corrected chi connectivity index (χ2v) is 4.73. The summed E-state index contributed by atoms with van der Waals surface area (Å²) in [4.78, 5) is 14.1. The first kappa shape index (κ1) is 14.8. The predicted molar refractivity (Wildman–Crippen MR) is 79.6 cm³/mol. The number of imidazole rings is 1. The Bertz CT molecular complexity index is 624. The summed E-state index contributed by atoms with van der Waals surface area (Å²) in [6, 6.07) is 7.84. The molecule has 0 saturated heterocycles. The Balaban J connectivity index is 1.78. The Morgan fingerprint density at radius 3 is 3.00 bits per heavy atom. The van der Waals surface area contributed by atoms with Crippen LogP contribution < -0.4 is 10.1 Å². The molecule has 0 unspecified atom stereocenters. The van der Waals surface area contributed by atoms with E-state index in [2.05, 4.69) is 10.3 Å². The summed E-state index contributed by atoms with van der Waals surface area (Å²) in [6.45, 7) is 3.13. The lowest BCUT2D eigenvalue weighted by atomic mass is 10.2. The smallest absolute Gasteiger partial charge is 0.406 e. The van der Waals surface area contributed by atoms with Crippen LogP contribution in [0.25, 0.3) is 0 Å². The number of rotatable bonds is 7. The Morgan fingerprint density at radius 1 is 1.48 bits per heavy atom. The van der Waals surface area contributed by atoms with E-state index in [9.17, 15) is 10.1 Å². The molecule has 1 aromatic heterocycles. The van der Waals surface area contributed by atoms with Crippen LogP contribution in [0.4, 0.5) is 11.6 Å². The van der Waals surface area contributed by atoms with E-state index in [0.717, 1.165) is 17.7 Å². The van der Waals surface area contributed by atoms with Crippen LogP contribution in [0.1, 0.15) is 12.0 Å². The molecule has 1 aromatic carbocycles. The minimum Gasteiger partial charge on any atom is -0.494 e. The second kappa shape index (κ2) is 6.74. The molecule has 1 heterocycles. The number of aryl methyl sites for hydroxylation is 2. The van der Waals surface area contributed by atoms with E-state index in [-0.39, 0.29) is 5.82 Å². The van der Waals surface area contributed by atoms with Crippen molar-refractivity contribution in [3.8, 4) is 5.75 Å². The minimum absolute atomic E-state index is 0.155. The molecular weight excluding hydrogens is 272 g/mol. The molecule has 0 saturated carbocycles. The van der Waals surface area contributed by atoms with Gasteiger partial charge in [0.2, 0.25) is 12.1 Å². The van der Waals surface area contributed by atoms with Gasteiger partial charge in [0.1, 0.15) is 5.75 Å². The van der Waals surface area contributed by atoms with Gasteiger partial charge in [-0.05, 0) is 40.9 Å². The van der Waals surface area contributed by atoms with Crippen molar-refractivity contribution in [3.63, 3.8) is 0 Å². The Hall–Kier alpha value is -2.57. The van der Waals surface area contributed by atoms with Crippen molar-refractivity contribution in [2.24, 2.45) is 7.05 Å². The van der Waals surface area contributed by atoms with E-state index < -0.39 is 4.92 Å². The highest BCUT2D eigenvalue weighted by Gasteiger charge is 2.19. The summed E-state index contributed by atoms with van der Waals surface area (Å²) >= 11 is 0. The van der Waals surface area contributed by atoms with Crippen molar-refractivity contribution in [3.05, 3.63) is 46.3 Å². The van der Waals surface area contributed by atoms with Crippen LogP contribution >= 0.6 is 0 Å². The van der Waals surface area contributed by atoms with Gasteiger partial charge in [-0.2, -0.15) is 0 Å². The first-order valence-electron chi connectivity index (χ1n) is 6.67. The van der Waals surface area contributed by atoms with E-state index in [4.69, 9.17) is 4.74 Å². The molecule has 2 aromatic rings. The molecule has 0 fully saturated rings. The van der Waals surface area contributed by atoms with Gasteiger partial charge in [-0.15, -0.1) is 0 Å². The minimum atomic E-state index is -0.494. The van der Waals surface area contributed by atoms with Crippen molar-refractivity contribution >= 4 is 11.6 Å². The SMILES string of the molecule is Cc1cccc(OCCCNc2c([N+](=O)[O-])ncn2C)c1. The average Bonchev–Trinajstić information content (AvgIpc) is 2.80. The van der Waals surface area contributed by atoms with Gasteiger partial charge in [0.25, 0.3) is 0 Å². The van der Waals surface area contributed by atoms with Crippen LogP contribution in [-0.2, 0) is 7.05 Å². The second-order valence-electron chi connectivity index (χ2n) is 4.73. The van der Waals surface area contributed by atoms with Crippen LogP contribution in [-0.4, -0.2) is 27.6 Å². The lowest BCUT2D eigenvalue weighted by Crippen LogP contribution is -2.10. The summed E-state index contributed by atoms with van der Waals surface area (Å²) in [5.74, 6) is 1.09. The summed E-state index contributed by atoms with van der Waals surface area (Å²) in [5, 5.41) is 13.8. The van der Waals surface area contributed by atoms with Crippen LogP contribution in [0.15, 0.2) is 30.6 Å². The first-order valence-corrected chi connectivity index (χ1v) is 6.67. The van der Waals surface area contributed by atoms with Crippen LogP contribution in [0.3, 0.4) is 0 Å². The molecule has 0 aliphatic rings. The van der Waals surface area contributed by atoms with E-state index in [1.54, 1.807) is 11.6 Å². The molecule has 0 radical (unpaired) electrons. The fourth-order valence-electron chi connectivity index (χ4n) is 1.93. The zero-order valence-corrected chi connectivity index (χ0v) is 12.1. The number of hydrogen-bond donors (Lipinski definition) is 1. The molecule has 112 valence electrons. The molecular formula is C14H18N4O3. The zero-order valence-electron chi connectivity index (χ0n) is 12.1. The number of nitrogens with one attached hydrogen (secondary N) is 1. The zero-order chi connectivity index (χ0) is 15.2. The fourth-order valence-corrected chi connectivity index (χ4v) is 1.93. The molecule has 7 heteroatoms. The first-order chi connectivity index (χ1) is 10.1. The number of nitrogens with zero attached hydrogens (tertiary/aromatic N) is 3. The van der Waals surface area contributed by atoms with Crippen molar-refractivity contribution in [1.29, 1.82) is 0 Å². The molecule has 0 spiro atoms. The summed E-state index contributed by atoms with van der Waals surface area (Å²) < 4.78 is 7.21. The van der Waals surface area contributed by atoms with Gasteiger partial charge in [-0.3, -0.25) is 4.57 Å². The number of nitro groups is 1. The Labute approximate surface area is 122 Å². The van der Waals surface area contributed by atoms with E-state index in [0.29, 0.717) is 19.0 Å². The average molecular weight is 290 g/mol. The normalized spacial score (nSPS) is 10.4. The van der Waals surface area contributed by atoms with Gasteiger partial charge in [0.05, 0.1) is 6.61 Å². The number of ether oxygens (including phenoxy) is 1. The van der Waals surface area contributed by atoms with E-state index in [1.165, 1.54) is 6.33 Å².